The zero-order valence-electron chi connectivity index (χ0n) is 11.1. The Morgan fingerprint density at radius 1 is 1.47 bits per heavy atom. The second-order valence-electron chi connectivity index (χ2n) is 4.36. The van der Waals surface area contributed by atoms with E-state index >= 15 is 0 Å². The first-order valence-corrected chi connectivity index (χ1v) is 6.57. The summed E-state index contributed by atoms with van der Waals surface area (Å²) >= 11 is 5.89. The van der Waals surface area contributed by atoms with Crippen LogP contribution in [0.2, 0.25) is 5.02 Å². The van der Waals surface area contributed by atoms with Crippen molar-refractivity contribution in [3.05, 3.63) is 34.6 Å². The molecule has 19 heavy (non-hydrogen) atoms. The van der Waals surface area contributed by atoms with Crippen LogP contribution in [-0.2, 0) is 11.2 Å². The minimum Gasteiger partial charge on any atom is -0.340 e. The Morgan fingerprint density at radius 2 is 2.11 bits per heavy atom. The van der Waals surface area contributed by atoms with Crippen molar-refractivity contribution in [3.63, 3.8) is 0 Å². The molecule has 1 amide bonds. The standard InChI is InChI=1S/C15H17ClFNO/c1-4-15(5-2,6-3)18-14(19)10-11-12(16)8-7-9-13(11)17/h1,7-9H,5-6,10H2,2-3H3,(H,18,19). The van der Waals surface area contributed by atoms with E-state index in [0.29, 0.717) is 12.8 Å². The van der Waals surface area contributed by atoms with E-state index < -0.39 is 11.4 Å². The van der Waals surface area contributed by atoms with Crippen LogP contribution in [0.15, 0.2) is 18.2 Å². The van der Waals surface area contributed by atoms with Crippen molar-refractivity contribution in [3.8, 4) is 12.3 Å². The van der Waals surface area contributed by atoms with Gasteiger partial charge in [-0.1, -0.05) is 37.4 Å². The second kappa shape index (κ2) is 6.58. The van der Waals surface area contributed by atoms with Gasteiger partial charge in [0, 0.05) is 10.6 Å². The molecule has 0 aliphatic rings. The number of amides is 1. The number of carbonyl (C=O) groups excluding carboxylic acids is 1. The molecule has 102 valence electrons. The van der Waals surface area contributed by atoms with Crippen molar-refractivity contribution in [1.29, 1.82) is 0 Å². The number of benzene rings is 1. The van der Waals surface area contributed by atoms with Crippen LogP contribution >= 0.6 is 11.6 Å². The van der Waals surface area contributed by atoms with Crippen LogP contribution in [0.5, 0.6) is 0 Å². The molecule has 0 saturated carbocycles. The predicted molar refractivity (Wildman–Crippen MR) is 75.4 cm³/mol. The molecule has 0 aliphatic heterocycles. The molecule has 1 N–H and O–H groups in total. The van der Waals surface area contributed by atoms with Crippen molar-refractivity contribution >= 4 is 17.5 Å². The Labute approximate surface area is 118 Å². The van der Waals surface area contributed by atoms with E-state index in [4.69, 9.17) is 18.0 Å². The number of rotatable bonds is 5. The van der Waals surface area contributed by atoms with Crippen LogP contribution in [0.3, 0.4) is 0 Å². The first-order chi connectivity index (χ1) is 8.98. The summed E-state index contributed by atoms with van der Waals surface area (Å²) < 4.78 is 13.6. The topological polar surface area (TPSA) is 29.1 Å². The summed E-state index contributed by atoms with van der Waals surface area (Å²) in [5.74, 6) is 1.79. The van der Waals surface area contributed by atoms with Crippen molar-refractivity contribution in [2.24, 2.45) is 0 Å². The van der Waals surface area contributed by atoms with Gasteiger partial charge in [0.05, 0.1) is 6.42 Å². The molecule has 2 nitrogen and oxygen atoms in total. The number of hydrogen-bond donors (Lipinski definition) is 1. The maximum Gasteiger partial charge on any atom is 0.225 e. The van der Waals surface area contributed by atoms with Gasteiger partial charge in [-0.2, -0.15) is 0 Å². The molecule has 0 aromatic heterocycles. The molecule has 0 fully saturated rings. The minimum atomic E-state index is -0.672. The van der Waals surface area contributed by atoms with E-state index in [0.717, 1.165) is 0 Å². The lowest BCUT2D eigenvalue weighted by Gasteiger charge is -2.27. The molecule has 1 aromatic carbocycles. The van der Waals surface area contributed by atoms with Crippen molar-refractivity contribution < 1.29 is 9.18 Å². The van der Waals surface area contributed by atoms with Crippen LogP contribution in [0.1, 0.15) is 32.3 Å². The van der Waals surface area contributed by atoms with E-state index in [1.807, 2.05) is 13.8 Å². The first kappa shape index (κ1) is 15.5. The second-order valence-corrected chi connectivity index (χ2v) is 4.77. The normalized spacial score (nSPS) is 10.9. The Morgan fingerprint density at radius 3 is 2.58 bits per heavy atom. The molecule has 0 atom stereocenters. The highest BCUT2D eigenvalue weighted by Gasteiger charge is 2.25. The van der Waals surface area contributed by atoms with Gasteiger partial charge in [0.25, 0.3) is 0 Å². The first-order valence-electron chi connectivity index (χ1n) is 6.19. The summed E-state index contributed by atoms with van der Waals surface area (Å²) in [5, 5.41) is 3.03. The van der Waals surface area contributed by atoms with Crippen LogP contribution in [0, 0.1) is 18.2 Å². The van der Waals surface area contributed by atoms with Gasteiger partial charge in [-0.15, -0.1) is 6.42 Å². The predicted octanol–water partition coefficient (Wildman–Crippen LogP) is 3.33. The third-order valence-corrected chi connectivity index (χ3v) is 3.62. The molecule has 4 heteroatoms. The van der Waals surface area contributed by atoms with Crippen molar-refractivity contribution in [2.45, 2.75) is 38.6 Å². The number of halogens is 2. The monoisotopic (exact) mass is 281 g/mol. The fourth-order valence-electron chi connectivity index (χ4n) is 1.84. The molecule has 0 radical (unpaired) electrons. The van der Waals surface area contributed by atoms with Gasteiger partial charge in [-0.3, -0.25) is 4.79 Å². The smallest absolute Gasteiger partial charge is 0.225 e. The Bertz CT molecular complexity index is 483. The summed E-state index contributed by atoms with van der Waals surface area (Å²) in [7, 11) is 0. The van der Waals surface area contributed by atoms with Crippen molar-refractivity contribution in [2.75, 3.05) is 0 Å². The van der Waals surface area contributed by atoms with Crippen LogP contribution in [-0.4, -0.2) is 11.4 Å². The summed E-state index contributed by atoms with van der Waals surface area (Å²) in [5.41, 5.74) is -0.478. The molecule has 0 bridgehead atoms. The number of hydrogen-bond acceptors (Lipinski definition) is 1. The number of carbonyl (C=O) groups is 1. The Balaban J connectivity index is 2.84. The lowest BCUT2D eigenvalue weighted by molar-refractivity contribution is -0.121. The van der Waals surface area contributed by atoms with Gasteiger partial charge in [0.1, 0.15) is 11.4 Å². The molecule has 1 aromatic rings. The fraction of sp³-hybridized carbons (Fsp3) is 0.400. The summed E-state index contributed by atoms with van der Waals surface area (Å²) in [4.78, 5) is 12.0. The van der Waals surface area contributed by atoms with Gasteiger partial charge < -0.3 is 5.32 Å². The van der Waals surface area contributed by atoms with Gasteiger partial charge in [-0.25, -0.2) is 4.39 Å². The highest BCUT2D eigenvalue weighted by Crippen LogP contribution is 2.20. The maximum atomic E-state index is 13.6. The lowest BCUT2D eigenvalue weighted by Crippen LogP contribution is -2.47. The third-order valence-electron chi connectivity index (χ3n) is 3.26. The van der Waals surface area contributed by atoms with Gasteiger partial charge in [-0.05, 0) is 25.0 Å². The molecular weight excluding hydrogens is 265 g/mol. The average molecular weight is 282 g/mol. The minimum absolute atomic E-state index is 0.116. The largest absolute Gasteiger partial charge is 0.340 e. The van der Waals surface area contributed by atoms with Gasteiger partial charge >= 0.3 is 0 Å². The zero-order chi connectivity index (χ0) is 14.5. The molecular formula is C15H17ClFNO. The summed E-state index contributed by atoms with van der Waals surface area (Å²) in [6, 6.07) is 4.34. The highest BCUT2D eigenvalue weighted by atomic mass is 35.5. The fourth-order valence-corrected chi connectivity index (χ4v) is 2.07. The van der Waals surface area contributed by atoms with Crippen LogP contribution in [0.4, 0.5) is 4.39 Å². The summed E-state index contributed by atoms with van der Waals surface area (Å²) in [6.45, 7) is 3.80. The van der Waals surface area contributed by atoms with Crippen LogP contribution < -0.4 is 5.32 Å². The Hall–Kier alpha value is -1.53. The van der Waals surface area contributed by atoms with E-state index in [1.165, 1.54) is 12.1 Å². The maximum absolute atomic E-state index is 13.6. The SMILES string of the molecule is C#CC(CC)(CC)NC(=O)Cc1c(F)cccc1Cl. The molecule has 0 unspecified atom stereocenters. The third kappa shape index (κ3) is 3.71. The molecule has 0 spiro atoms. The van der Waals surface area contributed by atoms with Crippen molar-refractivity contribution in [1.82, 2.24) is 5.32 Å². The van der Waals surface area contributed by atoms with Gasteiger partial charge in [0.15, 0.2) is 0 Å². The van der Waals surface area contributed by atoms with E-state index in [2.05, 4.69) is 11.2 Å². The van der Waals surface area contributed by atoms with E-state index in [-0.39, 0.29) is 22.9 Å². The molecule has 0 saturated heterocycles. The van der Waals surface area contributed by atoms with Gasteiger partial charge in [0.2, 0.25) is 5.91 Å². The zero-order valence-corrected chi connectivity index (χ0v) is 11.9. The number of terminal acetylenes is 1. The van der Waals surface area contributed by atoms with E-state index in [9.17, 15) is 9.18 Å². The molecule has 1 rings (SSSR count). The summed E-state index contributed by atoms with van der Waals surface area (Å²) in [6.07, 6.45) is 6.59. The molecule has 0 heterocycles. The highest BCUT2D eigenvalue weighted by molar-refractivity contribution is 6.31. The molecule has 0 aliphatic carbocycles. The quantitative estimate of drug-likeness (QED) is 0.824. The number of nitrogens with one attached hydrogen (secondary N) is 1. The lowest BCUT2D eigenvalue weighted by atomic mass is 9.93. The van der Waals surface area contributed by atoms with Crippen LogP contribution in [0.25, 0.3) is 0 Å². The van der Waals surface area contributed by atoms with E-state index in [1.54, 1.807) is 6.07 Å². The Kier molecular flexibility index (Phi) is 5.38. The average Bonchev–Trinajstić information content (AvgIpc) is 2.41.